The number of benzene rings is 1. The number of nitrogens with zero attached hydrogens (tertiary/aromatic N) is 3. The van der Waals surface area contributed by atoms with Crippen LogP contribution in [0.4, 0.5) is 0 Å². The van der Waals surface area contributed by atoms with Crippen LogP contribution in [0.3, 0.4) is 0 Å². The molecule has 2 heterocycles. The number of hydrogen-bond acceptors (Lipinski definition) is 3. The molecule has 0 amide bonds. The topological polar surface area (TPSA) is 46.5 Å². The third kappa shape index (κ3) is 2.40. The summed E-state index contributed by atoms with van der Waals surface area (Å²) in [5.41, 5.74) is 3.00. The summed E-state index contributed by atoms with van der Waals surface area (Å²) in [5.74, 6) is 1.50. The minimum Gasteiger partial charge on any atom is -0.291 e. The molecule has 3 rings (SSSR count). The third-order valence-corrected chi connectivity index (χ3v) is 3.29. The van der Waals surface area contributed by atoms with E-state index in [1.54, 1.807) is 4.68 Å². The zero-order chi connectivity index (χ0) is 14.1. The van der Waals surface area contributed by atoms with Crippen molar-refractivity contribution in [3.63, 3.8) is 0 Å². The van der Waals surface area contributed by atoms with Gasteiger partial charge in [-0.2, -0.15) is 0 Å². The second kappa shape index (κ2) is 5.02. The van der Waals surface area contributed by atoms with E-state index in [1.807, 2.05) is 56.3 Å². The zero-order valence-electron chi connectivity index (χ0n) is 11.3. The minimum atomic E-state index is 0.696. The second-order valence-electron chi connectivity index (χ2n) is 4.62. The Morgan fingerprint density at radius 3 is 2.50 bits per heavy atom. The molecule has 5 heteroatoms. The van der Waals surface area contributed by atoms with Gasteiger partial charge in [0.2, 0.25) is 0 Å². The Morgan fingerprint density at radius 2 is 1.80 bits per heavy atom. The fraction of sp³-hybridized carbons (Fsp3) is 0.133. The highest BCUT2D eigenvalue weighted by atomic mass is 32.1. The van der Waals surface area contributed by atoms with Crippen LogP contribution in [-0.2, 0) is 0 Å². The predicted molar refractivity (Wildman–Crippen MR) is 81.5 cm³/mol. The molecule has 2 aromatic heterocycles. The van der Waals surface area contributed by atoms with Gasteiger partial charge in [0.05, 0.1) is 5.69 Å². The Labute approximate surface area is 122 Å². The maximum atomic E-state index is 5.41. The summed E-state index contributed by atoms with van der Waals surface area (Å²) < 4.78 is 2.50. The highest BCUT2D eigenvalue weighted by Gasteiger charge is 2.07. The number of rotatable bonds is 2. The molecule has 0 bridgehead atoms. The van der Waals surface area contributed by atoms with Crippen LogP contribution in [0.2, 0.25) is 0 Å². The molecule has 100 valence electrons. The van der Waals surface area contributed by atoms with Crippen molar-refractivity contribution < 1.29 is 0 Å². The molecule has 1 aromatic carbocycles. The van der Waals surface area contributed by atoms with Crippen LogP contribution in [0.1, 0.15) is 11.5 Å². The van der Waals surface area contributed by atoms with E-state index in [-0.39, 0.29) is 0 Å². The molecule has 20 heavy (non-hydrogen) atoms. The van der Waals surface area contributed by atoms with Crippen LogP contribution in [0.5, 0.6) is 0 Å². The van der Waals surface area contributed by atoms with Gasteiger partial charge in [0.15, 0.2) is 5.82 Å². The first-order chi connectivity index (χ1) is 9.63. The number of aromatic amines is 1. The van der Waals surface area contributed by atoms with E-state index in [1.165, 1.54) is 0 Å². The first-order valence-electron chi connectivity index (χ1n) is 6.33. The molecule has 0 aliphatic carbocycles. The molecule has 3 aromatic rings. The third-order valence-electron chi connectivity index (χ3n) is 2.99. The highest BCUT2D eigenvalue weighted by Crippen LogP contribution is 2.18. The molecule has 0 spiro atoms. The molecular weight excluding hydrogens is 268 g/mol. The van der Waals surface area contributed by atoms with Gasteiger partial charge in [0.25, 0.3) is 0 Å². The summed E-state index contributed by atoms with van der Waals surface area (Å²) in [5, 5.41) is 3.29. The van der Waals surface area contributed by atoms with E-state index >= 15 is 0 Å². The van der Waals surface area contributed by atoms with Crippen molar-refractivity contribution in [2.75, 3.05) is 0 Å². The van der Waals surface area contributed by atoms with E-state index in [4.69, 9.17) is 12.2 Å². The van der Waals surface area contributed by atoms with Crippen molar-refractivity contribution in [3.05, 3.63) is 58.6 Å². The highest BCUT2D eigenvalue weighted by molar-refractivity contribution is 7.71. The van der Waals surface area contributed by atoms with Gasteiger partial charge in [0.1, 0.15) is 10.5 Å². The van der Waals surface area contributed by atoms with Crippen molar-refractivity contribution in [2.24, 2.45) is 0 Å². The van der Waals surface area contributed by atoms with Gasteiger partial charge in [-0.1, -0.05) is 42.5 Å². The number of aromatic nitrogens is 4. The van der Waals surface area contributed by atoms with Crippen molar-refractivity contribution in [3.8, 4) is 17.1 Å². The van der Waals surface area contributed by atoms with E-state index < -0.39 is 0 Å². The standard InChI is InChI=1S/C15H14N4S/c1-10-8-14(17-11(2)16-10)19-15(20)9-13(18-19)12-6-4-3-5-7-12/h3-9,18H,1-2H3. The van der Waals surface area contributed by atoms with Crippen LogP contribution in [0, 0.1) is 18.5 Å². The maximum Gasteiger partial charge on any atom is 0.156 e. The van der Waals surface area contributed by atoms with Gasteiger partial charge >= 0.3 is 0 Å². The lowest BCUT2D eigenvalue weighted by atomic mass is 10.2. The number of hydrogen-bond donors (Lipinski definition) is 1. The maximum absolute atomic E-state index is 5.41. The van der Waals surface area contributed by atoms with Gasteiger partial charge in [-0.05, 0) is 19.4 Å². The van der Waals surface area contributed by atoms with Crippen LogP contribution in [0.15, 0.2) is 42.5 Å². The number of H-pyrrole nitrogens is 1. The van der Waals surface area contributed by atoms with E-state index in [0.717, 1.165) is 28.6 Å². The van der Waals surface area contributed by atoms with Gasteiger partial charge in [-0.25, -0.2) is 14.6 Å². The fourth-order valence-electron chi connectivity index (χ4n) is 2.14. The summed E-state index contributed by atoms with van der Waals surface area (Å²) in [6.07, 6.45) is 0. The Morgan fingerprint density at radius 1 is 1.05 bits per heavy atom. The molecule has 0 unspecified atom stereocenters. The van der Waals surface area contributed by atoms with Crippen LogP contribution < -0.4 is 0 Å². The Hall–Kier alpha value is -2.27. The molecule has 0 aliphatic heterocycles. The number of nitrogens with one attached hydrogen (secondary N) is 1. The van der Waals surface area contributed by atoms with Gasteiger partial charge < -0.3 is 0 Å². The van der Waals surface area contributed by atoms with Crippen molar-refractivity contribution in [1.29, 1.82) is 0 Å². The first-order valence-corrected chi connectivity index (χ1v) is 6.74. The smallest absolute Gasteiger partial charge is 0.156 e. The Kier molecular flexibility index (Phi) is 3.20. The van der Waals surface area contributed by atoms with E-state index in [0.29, 0.717) is 4.64 Å². The lowest BCUT2D eigenvalue weighted by Crippen LogP contribution is -2.03. The number of aryl methyl sites for hydroxylation is 2. The molecule has 0 aliphatic rings. The van der Waals surface area contributed by atoms with Crippen molar-refractivity contribution in [1.82, 2.24) is 19.7 Å². The van der Waals surface area contributed by atoms with E-state index in [2.05, 4.69) is 15.1 Å². The van der Waals surface area contributed by atoms with Gasteiger partial charge in [-0.15, -0.1) is 0 Å². The van der Waals surface area contributed by atoms with Crippen LogP contribution in [-0.4, -0.2) is 19.7 Å². The molecule has 0 saturated heterocycles. The first kappa shape index (κ1) is 12.7. The largest absolute Gasteiger partial charge is 0.291 e. The lowest BCUT2D eigenvalue weighted by Gasteiger charge is -2.04. The van der Waals surface area contributed by atoms with Gasteiger partial charge in [-0.3, -0.25) is 5.10 Å². The summed E-state index contributed by atoms with van der Waals surface area (Å²) in [6, 6.07) is 13.9. The summed E-state index contributed by atoms with van der Waals surface area (Å²) in [4.78, 5) is 8.71. The lowest BCUT2D eigenvalue weighted by molar-refractivity contribution is 0.816. The molecule has 4 nitrogen and oxygen atoms in total. The molecule has 0 saturated carbocycles. The van der Waals surface area contributed by atoms with Crippen LogP contribution >= 0.6 is 12.2 Å². The Bertz CT molecular complexity index is 782. The quantitative estimate of drug-likeness (QED) is 0.730. The zero-order valence-corrected chi connectivity index (χ0v) is 12.1. The molecule has 1 N–H and O–H groups in total. The average Bonchev–Trinajstić information content (AvgIpc) is 2.81. The minimum absolute atomic E-state index is 0.696. The average molecular weight is 282 g/mol. The normalized spacial score (nSPS) is 10.7. The molecule has 0 fully saturated rings. The molecular formula is C15H14N4S. The second-order valence-corrected chi connectivity index (χ2v) is 5.04. The van der Waals surface area contributed by atoms with Crippen LogP contribution in [0.25, 0.3) is 17.1 Å². The van der Waals surface area contributed by atoms with E-state index in [9.17, 15) is 0 Å². The fourth-order valence-corrected chi connectivity index (χ4v) is 2.40. The van der Waals surface area contributed by atoms with Crippen molar-refractivity contribution >= 4 is 12.2 Å². The summed E-state index contributed by atoms with van der Waals surface area (Å²) in [6.45, 7) is 3.82. The molecule has 0 atom stereocenters. The predicted octanol–water partition coefficient (Wildman–Crippen LogP) is 3.61. The SMILES string of the molecule is Cc1cc(-n2[nH]c(-c3ccccc3)cc2=S)nc(C)n1. The van der Waals surface area contributed by atoms with Crippen molar-refractivity contribution in [2.45, 2.75) is 13.8 Å². The molecule has 0 radical (unpaired) electrons. The van der Waals surface area contributed by atoms with Gasteiger partial charge in [0, 0.05) is 17.8 Å². The summed E-state index contributed by atoms with van der Waals surface area (Å²) in [7, 11) is 0. The Balaban J connectivity index is 2.12. The summed E-state index contributed by atoms with van der Waals surface area (Å²) >= 11 is 5.41. The monoisotopic (exact) mass is 282 g/mol.